The van der Waals surface area contributed by atoms with Crippen LogP contribution in [-0.2, 0) is 45.1 Å². The number of aromatic nitrogens is 1. The Hall–Kier alpha value is -5.87. The maximum Gasteiger partial charge on any atom is 0.246 e. The summed E-state index contributed by atoms with van der Waals surface area (Å²) in [7, 11) is 0. The van der Waals surface area contributed by atoms with Crippen LogP contribution in [0.4, 0.5) is 13.2 Å². The lowest BCUT2D eigenvalue weighted by molar-refractivity contribution is -0.144. The molecule has 0 radical (unpaired) electrons. The number of carbonyl (C=O) groups is 3. The summed E-state index contributed by atoms with van der Waals surface area (Å²) in [6.07, 6.45) is 1.59. The quantitative estimate of drug-likeness (QED) is 0.0740. The van der Waals surface area contributed by atoms with Gasteiger partial charge in [-0.2, -0.15) is 0 Å². The van der Waals surface area contributed by atoms with E-state index in [1.807, 2.05) is 106 Å². The summed E-state index contributed by atoms with van der Waals surface area (Å²) >= 11 is 1.56. The van der Waals surface area contributed by atoms with Crippen LogP contribution in [0.15, 0.2) is 96.0 Å². The molecule has 0 saturated carbocycles. The molecule has 11 nitrogen and oxygen atoms in total. The molecule has 3 aliphatic rings. The minimum absolute atomic E-state index is 0.0184. The topological polar surface area (TPSA) is 133 Å². The minimum Gasteiger partial charge on any atom is -0.489 e. The summed E-state index contributed by atoms with van der Waals surface area (Å²) in [4.78, 5) is 49.5. The van der Waals surface area contributed by atoms with Crippen molar-refractivity contribution in [3.63, 3.8) is 0 Å². The number of halogens is 3. The van der Waals surface area contributed by atoms with E-state index in [0.29, 0.717) is 25.7 Å². The average Bonchev–Trinajstić information content (AvgIpc) is 4.05. The molecule has 2 aliphatic heterocycles. The summed E-state index contributed by atoms with van der Waals surface area (Å²) in [6, 6.07) is 23.1. The van der Waals surface area contributed by atoms with Crippen LogP contribution in [0.2, 0.25) is 0 Å². The normalized spacial score (nSPS) is 19.5. The van der Waals surface area contributed by atoms with Gasteiger partial charge in [-0.05, 0) is 103 Å². The standard InChI is InChI=1S/C57H66F3N5O6S/c1-34-22-44-43-16-9-8-15-40(43)24-45(44)51(65(34)32-57(6,7)60)50-46(58)26-42(27-47(50)59)71-30-38-13-10-12-36(23-38)14-11-21-70-31-49(67)63-53(56(3,4)5)55(69)64-29-41(66)25-48(64)54(68)61-28-37-17-19-39(20-18-37)52-35(2)62-33-72-52/h8-10,12-13,15-20,23,26-27,33-34,41,48,51,53,66H,11,14,21-22,24-25,28-32H2,1-7H3,(H,61,68)(H,63,67)/t34-,41-,48+,51+,53-/m1/s1. The number of carbonyl (C=O) groups excluding carboxylic acids is 3. The van der Waals surface area contributed by atoms with Crippen LogP contribution >= 0.6 is 11.3 Å². The maximum atomic E-state index is 16.3. The van der Waals surface area contributed by atoms with Crippen molar-refractivity contribution in [1.82, 2.24) is 25.4 Å². The summed E-state index contributed by atoms with van der Waals surface area (Å²) in [5.41, 5.74) is 8.24. The number of thiazole rings is 1. The molecule has 382 valence electrons. The summed E-state index contributed by atoms with van der Waals surface area (Å²) in [5.74, 6) is -2.77. The third kappa shape index (κ3) is 12.3. The fourth-order valence-electron chi connectivity index (χ4n) is 10.3. The van der Waals surface area contributed by atoms with Gasteiger partial charge in [-0.1, -0.05) is 93.6 Å². The molecular weight excluding hydrogens is 940 g/mol. The Morgan fingerprint density at radius 1 is 0.944 bits per heavy atom. The van der Waals surface area contributed by atoms with Crippen molar-refractivity contribution >= 4 is 34.6 Å². The number of hydrogen-bond donors (Lipinski definition) is 3. The number of aliphatic hydroxyl groups is 1. The molecule has 5 atom stereocenters. The van der Waals surface area contributed by atoms with E-state index in [0.717, 1.165) is 55.1 Å². The monoisotopic (exact) mass is 1010 g/mol. The minimum atomic E-state index is -1.59. The molecule has 0 bridgehead atoms. The number of likely N-dealkylation sites (tertiary alicyclic amines) is 1. The van der Waals surface area contributed by atoms with Crippen LogP contribution in [0.1, 0.15) is 106 Å². The summed E-state index contributed by atoms with van der Waals surface area (Å²) in [6.45, 7) is 12.7. The molecule has 8 rings (SSSR count). The molecular formula is C57H66F3N5O6S. The van der Waals surface area contributed by atoms with Crippen LogP contribution in [0.25, 0.3) is 16.0 Å². The highest BCUT2D eigenvalue weighted by Crippen LogP contribution is 2.50. The molecule has 1 aromatic heterocycles. The van der Waals surface area contributed by atoms with Crippen LogP contribution < -0.4 is 15.4 Å². The lowest BCUT2D eigenvalue weighted by atomic mass is 9.84. The van der Waals surface area contributed by atoms with E-state index >= 15 is 13.2 Å². The van der Waals surface area contributed by atoms with E-state index in [1.165, 1.54) is 30.9 Å². The number of amides is 3. The summed E-state index contributed by atoms with van der Waals surface area (Å²) < 4.78 is 59.6. The maximum absolute atomic E-state index is 16.3. The predicted molar refractivity (Wildman–Crippen MR) is 274 cm³/mol. The van der Waals surface area contributed by atoms with E-state index in [1.54, 1.807) is 16.8 Å². The first-order valence-electron chi connectivity index (χ1n) is 24.8. The Morgan fingerprint density at radius 3 is 2.36 bits per heavy atom. The molecule has 3 amide bonds. The van der Waals surface area contributed by atoms with E-state index in [-0.39, 0.29) is 69.1 Å². The van der Waals surface area contributed by atoms with Crippen LogP contribution in [-0.4, -0.2) is 93.8 Å². The van der Waals surface area contributed by atoms with Gasteiger partial charge in [0.2, 0.25) is 17.7 Å². The number of aliphatic hydroxyl groups excluding tert-OH is 1. The molecule has 15 heteroatoms. The lowest BCUT2D eigenvalue weighted by Gasteiger charge is -2.44. The Kier molecular flexibility index (Phi) is 16.1. The highest BCUT2D eigenvalue weighted by atomic mass is 32.1. The summed E-state index contributed by atoms with van der Waals surface area (Å²) in [5, 5.41) is 16.4. The molecule has 5 aromatic rings. The fourth-order valence-corrected chi connectivity index (χ4v) is 11.1. The zero-order valence-corrected chi connectivity index (χ0v) is 43.0. The number of nitrogens with zero attached hydrogens (tertiary/aromatic N) is 3. The second-order valence-corrected chi connectivity index (χ2v) is 22.0. The molecule has 4 aromatic carbocycles. The molecule has 72 heavy (non-hydrogen) atoms. The molecule has 1 saturated heterocycles. The van der Waals surface area contributed by atoms with Gasteiger partial charge in [-0.25, -0.2) is 18.2 Å². The average molecular weight is 1010 g/mol. The number of fused-ring (bicyclic) bond motifs is 2. The van der Waals surface area contributed by atoms with Crippen molar-refractivity contribution in [3.05, 3.63) is 147 Å². The number of ether oxygens (including phenoxy) is 2. The van der Waals surface area contributed by atoms with Gasteiger partial charge in [0.05, 0.1) is 28.2 Å². The van der Waals surface area contributed by atoms with E-state index in [9.17, 15) is 19.5 Å². The first-order chi connectivity index (χ1) is 34.2. The number of nitrogens with one attached hydrogen (secondary N) is 2. The van der Waals surface area contributed by atoms with Gasteiger partial charge in [-0.3, -0.25) is 19.3 Å². The number of rotatable bonds is 18. The number of hydrogen-bond acceptors (Lipinski definition) is 9. The first-order valence-corrected chi connectivity index (χ1v) is 25.7. The van der Waals surface area contributed by atoms with Crippen LogP contribution in [0.3, 0.4) is 0 Å². The van der Waals surface area contributed by atoms with Crippen molar-refractivity contribution < 1.29 is 42.1 Å². The van der Waals surface area contributed by atoms with E-state index in [4.69, 9.17) is 9.47 Å². The van der Waals surface area contributed by atoms with Crippen molar-refractivity contribution in [3.8, 4) is 16.2 Å². The van der Waals surface area contributed by atoms with Gasteiger partial charge in [0, 0.05) is 56.4 Å². The Bertz CT molecular complexity index is 2780. The third-order valence-corrected chi connectivity index (χ3v) is 14.8. The van der Waals surface area contributed by atoms with Crippen LogP contribution in [0.5, 0.6) is 5.75 Å². The smallest absolute Gasteiger partial charge is 0.246 e. The Balaban J connectivity index is 0.814. The van der Waals surface area contributed by atoms with Gasteiger partial charge in [0.15, 0.2) is 0 Å². The first kappa shape index (κ1) is 52.5. The van der Waals surface area contributed by atoms with Gasteiger partial charge in [0.25, 0.3) is 0 Å². The largest absolute Gasteiger partial charge is 0.489 e. The van der Waals surface area contributed by atoms with Gasteiger partial charge in [-0.15, -0.1) is 11.3 Å². The van der Waals surface area contributed by atoms with Gasteiger partial charge >= 0.3 is 0 Å². The molecule has 1 fully saturated rings. The van der Waals surface area contributed by atoms with E-state index in [2.05, 4.69) is 21.7 Å². The third-order valence-electron chi connectivity index (χ3n) is 13.8. The zero-order chi connectivity index (χ0) is 51.5. The fraction of sp³-hybridized carbons (Fsp3) is 0.439. The van der Waals surface area contributed by atoms with E-state index < -0.39 is 58.8 Å². The second-order valence-electron chi connectivity index (χ2n) is 21.2. The molecule has 0 spiro atoms. The van der Waals surface area contributed by atoms with Gasteiger partial charge < -0.3 is 30.1 Å². The molecule has 0 unspecified atom stereocenters. The van der Waals surface area contributed by atoms with Crippen molar-refractivity contribution in [1.29, 1.82) is 0 Å². The Labute approximate surface area is 424 Å². The zero-order valence-electron chi connectivity index (χ0n) is 42.2. The second kappa shape index (κ2) is 22.1. The van der Waals surface area contributed by atoms with Gasteiger partial charge in [0.1, 0.15) is 48.4 Å². The highest BCUT2D eigenvalue weighted by Gasteiger charge is 2.45. The van der Waals surface area contributed by atoms with Crippen molar-refractivity contribution in [2.45, 2.75) is 130 Å². The SMILES string of the molecule is Cc1ncsc1-c1ccc(CNC(=O)[C@@H]2C[C@@H](O)CN2C(=O)[C@@H](NC(=O)COCCCc2cccc(COc3cc(F)c([C@@H]4C5=C(C[C@@H](C)N4CC(C)(C)F)c4ccccc4C5)c(F)c3)c2)C(C)(C)C)cc1. The lowest BCUT2D eigenvalue weighted by Crippen LogP contribution is -2.58. The van der Waals surface area contributed by atoms with Crippen molar-refractivity contribution in [2.24, 2.45) is 5.41 Å². The number of benzene rings is 4. The Morgan fingerprint density at radius 2 is 1.67 bits per heavy atom. The number of aryl methyl sites for hydroxylation is 2. The highest BCUT2D eigenvalue weighted by molar-refractivity contribution is 7.13. The molecule has 1 aliphatic carbocycles. The van der Waals surface area contributed by atoms with Crippen LogP contribution in [0, 0.1) is 24.0 Å². The number of alkyl halides is 1. The molecule has 3 heterocycles. The number of β-amino-alcohol motifs (C(OH)–C–C–N with tert-alkyl or cyclic N) is 1. The predicted octanol–water partition coefficient (Wildman–Crippen LogP) is 9.63. The van der Waals surface area contributed by atoms with Crippen molar-refractivity contribution in [2.75, 3.05) is 26.3 Å². The molecule has 3 N–H and O–H groups in total.